The van der Waals surface area contributed by atoms with E-state index in [9.17, 15) is 14.9 Å². The summed E-state index contributed by atoms with van der Waals surface area (Å²) in [6.07, 6.45) is -0.311. The van der Waals surface area contributed by atoms with Gasteiger partial charge in [0.1, 0.15) is 11.3 Å². The zero-order valence-corrected chi connectivity index (χ0v) is 16.6. The summed E-state index contributed by atoms with van der Waals surface area (Å²) < 4.78 is 11.3. The van der Waals surface area contributed by atoms with Gasteiger partial charge in [-0.3, -0.25) is 9.79 Å². The summed E-state index contributed by atoms with van der Waals surface area (Å²) in [6, 6.07) is 8.89. The monoisotopic (exact) mass is 378 g/mol. The number of aliphatic imine (C=N–C) groups is 1. The summed E-state index contributed by atoms with van der Waals surface area (Å²) >= 11 is 0. The molecule has 0 N–H and O–H groups in total. The minimum atomic E-state index is -0.671. The van der Waals surface area contributed by atoms with Crippen molar-refractivity contribution in [1.82, 2.24) is 0 Å². The molecule has 0 radical (unpaired) electrons. The lowest BCUT2D eigenvalue weighted by Crippen LogP contribution is -2.30. The molecule has 28 heavy (non-hydrogen) atoms. The number of nitrogens with zero attached hydrogens (tertiary/aromatic N) is 2. The van der Waals surface area contributed by atoms with Crippen molar-refractivity contribution in [1.29, 1.82) is 5.26 Å². The summed E-state index contributed by atoms with van der Waals surface area (Å²) in [5.74, 6) is -1.36. The molecule has 2 atom stereocenters. The molecule has 0 bridgehead atoms. The van der Waals surface area contributed by atoms with Gasteiger partial charge in [0.15, 0.2) is 5.43 Å². The van der Waals surface area contributed by atoms with Crippen molar-refractivity contribution in [3.63, 3.8) is 0 Å². The third-order valence-electron chi connectivity index (χ3n) is 4.77. The second-order valence-electron chi connectivity index (χ2n) is 7.24. The topological polar surface area (TPSA) is 92.7 Å². The van der Waals surface area contributed by atoms with Gasteiger partial charge < -0.3 is 9.15 Å². The number of carbonyl (C=O) groups is 1. The Morgan fingerprint density at radius 2 is 2.00 bits per heavy atom. The number of benzene rings is 1. The van der Waals surface area contributed by atoms with Gasteiger partial charge in [0.05, 0.1) is 29.1 Å². The van der Waals surface area contributed by atoms with Crippen LogP contribution >= 0.6 is 0 Å². The molecule has 1 aliphatic rings. The van der Waals surface area contributed by atoms with E-state index >= 15 is 0 Å². The van der Waals surface area contributed by atoms with E-state index in [1.165, 1.54) is 6.07 Å². The van der Waals surface area contributed by atoms with Crippen LogP contribution in [0.1, 0.15) is 44.9 Å². The molecule has 0 amide bonds. The first kappa shape index (κ1) is 19.6. The SMILES string of the molecule is CC1=NC(C)=C(C(=O)OC(C)C)C(c2cccc3c(=O)cc(C)oc23)C1C#N. The number of fused-ring (bicyclic) bond motifs is 1. The number of ether oxygens (including phenoxy) is 1. The van der Waals surface area contributed by atoms with E-state index in [0.29, 0.717) is 39.3 Å². The Hall–Kier alpha value is -3.20. The van der Waals surface area contributed by atoms with Crippen LogP contribution in [0, 0.1) is 24.2 Å². The molecule has 2 heterocycles. The van der Waals surface area contributed by atoms with Crippen molar-refractivity contribution < 1.29 is 13.9 Å². The fourth-order valence-corrected chi connectivity index (χ4v) is 3.64. The van der Waals surface area contributed by atoms with Crippen LogP contribution in [0.15, 0.2) is 49.7 Å². The molecule has 2 unspecified atom stereocenters. The molecule has 0 spiro atoms. The summed E-state index contributed by atoms with van der Waals surface area (Å²) in [7, 11) is 0. The number of para-hydroxylation sites is 1. The molecule has 3 rings (SSSR count). The highest BCUT2D eigenvalue weighted by atomic mass is 16.5. The van der Waals surface area contributed by atoms with Crippen molar-refractivity contribution >= 4 is 22.7 Å². The Morgan fingerprint density at radius 3 is 2.64 bits per heavy atom. The molecule has 1 aromatic carbocycles. The van der Waals surface area contributed by atoms with Crippen LogP contribution in [0.4, 0.5) is 0 Å². The predicted octanol–water partition coefficient (Wildman–Crippen LogP) is 4.02. The van der Waals surface area contributed by atoms with Gasteiger partial charge in [-0.25, -0.2) is 4.79 Å². The molecular weight excluding hydrogens is 356 g/mol. The molecule has 6 heteroatoms. The molecule has 0 fully saturated rings. The molecule has 0 aliphatic carbocycles. The van der Waals surface area contributed by atoms with Crippen molar-refractivity contribution in [2.45, 2.75) is 46.6 Å². The minimum Gasteiger partial charge on any atom is -0.461 e. The molecule has 0 saturated carbocycles. The molecule has 0 saturated heterocycles. The largest absolute Gasteiger partial charge is 0.461 e. The molecule has 2 aromatic rings. The fraction of sp³-hybridized carbons (Fsp3) is 0.364. The third-order valence-corrected chi connectivity index (χ3v) is 4.77. The highest BCUT2D eigenvalue weighted by Gasteiger charge is 2.39. The fourth-order valence-electron chi connectivity index (χ4n) is 3.64. The lowest BCUT2D eigenvalue weighted by molar-refractivity contribution is -0.143. The van der Waals surface area contributed by atoms with Crippen molar-refractivity contribution in [3.8, 4) is 6.07 Å². The number of esters is 1. The number of allylic oxidation sites excluding steroid dienone is 1. The van der Waals surface area contributed by atoms with E-state index in [-0.39, 0.29) is 11.5 Å². The van der Waals surface area contributed by atoms with Gasteiger partial charge in [-0.1, -0.05) is 12.1 Å². The second-order valence-corrected chi connectivity index (χ2v) is 7.24. The predicted molar refractivity (Wildman–Crippen MR) is 106 cm³/mol. The van der Waals surface area contributed by atoms with Crippen molar-refractivity contribution in [2.75, 3.05) is 0 Å². The zero-order chi connectivity index (χ0) is 20.6. The lowest BCUT2D eigenvalue weighted by atomic mass is 9.76. The molecule has 1 aliphatic heterocycles. The summed E-state index contributed by atoms with van der Waals surface area (Å²) in [4.78, 5) is 29.7. The van der Waals surface area contributed by atoms with Gasteiger partial charge in [0, 0.05) is 29.0 Å². The number of rotatable bonds is 3. The van der Waals surface area contributed by atoms with Crippen molar-refractivity contribution in [2.24, 2.45) is 10.9 Å². The van der Waals surface area contributed by atoms with E-state index in [1.54, 1.807) is 52.8 Å². The van der Waals surface area contributed by atoms with Gasteiger partial charge in [-0.2, -0.15) is 5.26 Å². The van der Waals surface area contributed by atoms with Crippen molar-refractivity contribution in [3.05, 3.63) is 57.1 Å². The maximum absolute atomic E-state index is 12.9. The number of hydrogen-bond acceptors (Lipinski definition) is 6. The second kappa shape index (κ2) is 7.43. The minimum absolute atomic E-state index is 0.165. The Kier molecular flexibility index (Phi) is 5.19. The smallest absolute Gasteiger partial charge is 0.336 e. The summed E-state index contributed by atoms with van der Waals surface area (Å²) in [6.45, 7) is 8.72. The Bertz CT molecular complexity index is 1120. The van der Waals surface area contributed by atoms with E-state index < -0.39 is 17.8 Å². The maximum atomic E-state index is 12.9. The van der Waals surface area contributed by atoms with E-state index in [0.717, 1.165) is 0 Å². The van der Waals surface area contributed by atoms with Gasteiger partial charge >= 0.3 is 5.97 Å². The molecule has 144 valence electrons. The molecular formula is C22H22N2O4. The number of aryl methyl sites for hydroxylation is 1. The Balaban J connectivity index is 2.32. The maximum Gasteiger partial charge on any atom is 0.336 e. The highest BCUT2D eigenvalue weighted by molar-refractivity contribution is 5.99. The highest BCUT2D eigenvalue weighted by Crippen LogP contribution is 2.41. The van der Waals surface area contributed by atoms with E-state index in [1.807, 2.05) is 0 Å². The van der Waals surface area contributed by atoms with Gasteiger partial charge in [0.2, 0.25) is 0 Å². The van der Waals surface area contributed by atoms with Crippen LogP contribution < -0.4 is 5.43 Å². The van der Waals surface area contributed by atoms with Crippen LogP contribution in [-0.2, 0) is 9.53 Å². The van der Waals surface area contributed by atoms with Crippen LogP contribution in [-0.4, -0.2) is 17.8 Å². The number of hydrogen-bond donors (Lipinski definition) is 0. The number of carbonyl (C=O) groups excluding carboxylic acids is 1. The van der Waals surface area contributed by atoms with Crippen LogP contribution in [0.25, 0.3) is 11.0 Å². The normalized spacial score (nSPS) is 19.5. The number of nitriles is 1. The molecule has 6 nitrogen and oxygen atoms in total. The average molecular weight is 378 g/mol. The summed E-state index contributed by atoms with van der Waals surface area (Å²) in [5.41, 5.74) is 2.26. The average Bonchev–Trinajstić information content (AvgIpc) is 2.59. The van der Waals surface area contributed by atoms with E-state index in [4.69, 9.17) is 9.15 Å². The van der Waals surface area contributed by atoms with E-state index in [2.05, 4.69) is 11.1 Å². The Morgan fingerprint density at radius 1 is 1.29 bits per heavy atom. The van der Waals surface area contributed by atoms with Gasteiger partial charge in [0.25, 0.3) is 0 Å². The summed E-state index contributed by atoms with van der Waals surface area (Å²) in [5, 5.41) is 10.3. The first-order valence-corrected chi connectivity index (χ1v) is 9.14. The van der Waals surface area contributed by atoms with Gasteiger partial charge in [-0.05, 0) is 40.7 Å². The van der Waals surface area contributed by atoms with Gasteiger partial charge in [-0.15, -0.1) is 0 Å². The Labute approximate surface area is 163 Å². The van der Waals surface area contributed by atoms with Crippen LogP contribution in [0.2, 0.25) is 0 Å². The third kappa shape index (κ3) is 3.36. The first-order valence-electron chi connectivity index (χ1n) is 9.14. The quantitative estimate of drug-likeness (QED) is 0.752. The zero-order valence-electron chi connectivity index (χ0n) is 16.6. The standard InChI is InChI=1S/C22H22N2O4/c1-11(2)27-22(26)19-14(5)24-13(4)17(10-23)20(19)16-8-6-7-15-18(25)9-12(3)28-21(15)16/h6-9,11,17,20H,1-5H3. The lowest BCUT2D eigenvalue weighted by Gasteiger charge is -2.29. The van der Waals surface area contributed by atoms with Crippen LogP contribution in [0.3, 0.4) is 0 Å². The molecule has 1 aromatic heterocycles. The first-order chi connectivity index (χ1) is 13.2. The van der Waals surface area contributed by atoms with Crippen LogP contribution in [0.5, 0.6) is 0 Å².